The van der Waals surface area contributed by atoms with Gasteiger partial charge < -0.3 is 16.2 Å². The predicted molar refractivity (Wildman–Crippen MR) is 77.3 cm³/mol. The number of carbonyl (C=O) groups excluding carboxylic acids is 1. The van der Waals surface area contributed by atoms with Crippen molar-refractivity contribution in [1.29, 1.82) is 0 Å². The highest BCUT2D eigenvalue weighted by Crippen LogP contribution is 2.32. The van der Waals surface area contributed by atoms with Gasteiger partial charge in [-0.25, -0.2) is 4.39 Å². The Morgan fingerprint density at radius 2 is 2.20 bits per heavy atom. The molecule has 1 atom stereocenters. The van der Waals surface area contributed by atoms with Crippen molar-refractivity contribution in [3.8, 4) is 0 Å². The van der Waals surface area contributed by atoms with E-state index in [1.54, 1.807) is 0 Å². The van der Waals surface area contributed by atoms with Crippen LogP contribution in [0.2, 0.25) is 5.02 Å². The fourth-order valence-electron chi connectivity index (χ4n) is 1.96. The van der Waals surface area contributed by atoms with E-state index in [4.69, 9.17) is 27.8 Å². The second kappa shape index (κ2) is 6.39. The number of halogens is 3. The second-order valence-corrected chi connectivity index (χ2v) is 4.79. The molecule has 0 spiro atoms. The fraction of sp³-hybridized carbons (Fsp3) is 0.333. The number of rotatable bonds is 3. The monoisotopic (exact) mass is 321 g/mol. The Morgan fingerprint density at radius 3 is 2.75 bits per heavy atom. The van der Waals surface area contributed by atoms with E-state index in [-0.39, 0.29) is 42.0 Å². The summed E-state index contributed by atoms with van der Waals surface area (Å²) < 4.78 is 18.7. The molecule has 0 aliphatic carbocycles. The number of nitrogens with zero attached hydrogens (tertiary/aromatic N) is 1. The summed E-state index contributed by atoms with van der Waals surface area (Å²) in [6.07, 6.45) is 0. The van der Waals surface area contributed by atoms with Crippen LogP contribution in [0, 0.1) is 0 Å². The predicted octanol–water partition coefficient (Wildman–Crippen LogP) is 1.41. The Balaban J connectivity index is 0.00000200. The van der Waals surface area contributed by atoms with Crippen molar-refractivity contribution in [2.24, 2.45) is 16.5 Å². The summed E-state index contributed by atoms with van der Waals surface area (Å²) in [6, 6.07) is 4.40. The maximum absolute atomic E-state index is 13.5. The smallest absolute Gasteiger partial charge is 0.248 e. The Kier molecular flexibility index (Phi) is 5.33. The minimum absolute atomic E-state index is 0. The summed E-state index contributed by atoms with van der Waals surface area (Å²) in [5.41, 5.74) is 10.1. The van der Waals surface area contributed by atoms with E-state index in [0.717, 1.165) is 0 Å². The number of aliphatic imine (C=N–C) groups is 1. The van der Waals surface area contributed by atoms with Crippen LogP contribution < -0.4 is 11.5 Å². The van der Waals surface area contributed by atoms with Gasteiger partial charge in [-0.15, -0.1) is 12.4 Å². The maximum Gasteiger partial charge on any atom is 0.248 e. The minimum Gasteiger partial charge on any atom is -0.385 e. The summed E-state index contributed by atoms with van der Waals surface area (Å²) in [5.74, 6) is -0.448. The molecule has 8 heteroatoms. The SMILES string of the molecule is Cl.NC(=O)c1cc(Cl)cc(C2(CF)COCC(N)=N2)c1. The average Bonchev–Trinajstić information content (AvgIpc) is 2.37. The number of primary amides is 1. The standard InChI is InChI=1S/C12H13ClFN3O2.ClH/c13-9-2-7(11(16)18)1-8(3-9)12(5-14)6-19-4-10(15)17-12;/h1-3H,4-6H2,(H2,15,17)(H2,16,18);1H. The van der Waals surface area contributed by atoms with Crippen molar-refractivity contribution in [2.45, 2.75) is 5.54 Å². The molecule has 0 fully saturated rings. The van der Waals surface area contributed by atoms with Crippen LogP contribution in [0.25, 0.3) is 0 Å². The van der Waals surface area contributed by atoms with Gasteiger partial charge in [0.05, 0.1) is 6.61 Å². The summed E-state index contributed by atoms with van der Waals surface area (Å²) >= 11 is 5.92. The summed E-state index contributed by atoms with van der Waals surface area (Å²) in [6.45, 7) is -0.625. The highest BCUT2D eigenvalue weighted by atomic mass is 35.5. The third-order valence-electron chi connectivity index (χ3n) is 2.89. The van der Waals surface area contributed by atoms with Crippen LogP contribution in [0.5, 0.6) is 0 Å². The van der Waals surface area contributed by atoms with Crippen LogP contribution in [0.3, 0.4) is 0 Å². The second-order valence-electron chi connectivity index (χ2n) is 4.35. The molecule has 1 aliphatic heterocycles. The van der Waals surface area contributed by atoms with Crippen molar-refractivity contribution >= 4 is 35.8 Å². The highest BCUT2D eigenvalue weighted by molar-refractivity contribution is 6.31. The Labute approximate surface area is 126 Å². The van der Waals surface area contributed by atoms with Gasteiger partial charge in [0.2, 0.25) is 5.91 Å². The molecule has 1 aromatic rings. The van der Waals surface area contributed by atoms with E-state index in [0.29, 0.717) is 5.56 Å². The lowest BCUT2D eigenvalue weighted by molar-refractivity contribution is 0.0826. The Morgan fingerprint density at radius 1 is 1.50 bits per heavy atom. The largest absolute Gasteiger partial charge is 0.385 e. The lowest BCUT2D eigenvalue weighted by Crippen LogP contribution is -2.41. The van der Waals surface area contributed by atoms with E-state index < -0.39 is 18.1 Å². The highest BCUT2D eigenvalue weighted by Gasteiger charge is 2.36. The molecule has 1 aliphatic rings. The van der Waals surface area contributed by atoms with Gasteiger partial charge in [0, 0.05) is 10.6 Å². The molecule has 0 bridgehead atoms. The lowest BCUT2D eigenvalue weighted by atomic mass is 9.90. The number of hydrogen-bond donors (Lipinski definition) is 2. The number of hydrogen-bond acceptors (Lipinski definition) is 4. The summed E-state index contributed by atoms with van der Waals surface area (Å²) in [5, 5.41) is 0.276. The molecule has 2 rings (SSSR count). The number of amides is 1. The number of amidine groups is 1. The topological polar surface area (TPSA) is 90.7 Å². The van der Waals surface area contributed by atoms with Gasteiger partial charge in [-0.05, 0) is 23.8 Å². The van der Waals surface area contributed by atoms with Crippen LogP contribution in [0.1, 0.15) is 15.9 Å². The minimum atomic E-state index is -1.27. The van der Waals surface area contributed by atoms with Crippen molar-refractivity contribution < 1.29 is 13.9 Å². The molecule has 1 unspecified atom stereocenters. The molecule has 0 radical (unpaired) electrons. The van der Waals surface area contributed by atoms with Gasteiger partial charge in [-0.1, -0.05) is 11.6 Å². The molecule has 5 nitrogen and oxygen atoms in total. The molecule has 1 aromatic carbocycles. The van der Waals surface area contributed by atoms with Crippen LogP contribution in [-0.2, 0) is 10.3 Å². The molecular weight excluding hydrogens is 308 g/mol. The van der Waals surface area contributed by atoms with Gasteiger partial charge >= 0.3 is 0 Å². The Bertz CT molecular complexity index is 554. The molecule has 4 N–H and O–H groups in total. The van der Waals surface area contributed by atoms with E-state index >= 15 is 0 Å². The number of ether oxygens (including phenoxy) is 1. The van der Waals surface area contributed by atoms with Gasteiger partial charge in [0.25, 0.3) is 0 Å². The average molecular weight is 322 g/mol. The zero-order chi connectivity index (χ0) is 14.0. The fourth-order valence-corrected chi connectivity index (χ4v) is 2.19. The van der Waals surface area contributed by atoms with Crippen LogP contribution in [0.4, 0.5) is 4.39 Å². The number of benzene rings is 1. The third-order valence-corrected chi connectivity index (χ3v) is 3.11. The lowest BCUT2D eigenvalue weighted by Gasteiger charge is -2.31. The summed E-state index contributed by atoms with van der Waals surface area (Å²) in [4.78, 5) is 15.4. The first-order valence-corrected chi connectivity index (χ1v) is 5.93. The molecule has 20 heavy (non-hydrogen) atoms. The molecular formula is C12H14Cl2FN3O2. The molecule has 0 saturated carbocycles. The van der Waals surface area contributed by atoms with E-state index in [1.165, 1.54) is 18.2 Å². The van der Waals surface area contributed by atoms with Crippen molar-refractivity contribution in [3.05, 3.63) is 34.3 Å². The zero-order valence-corrected chi connectivity index (χ0v) is 12.0. The first-order valence-electron chi connectivity index (χ1n) is 5.55. The first-order chi connectivity index (χ1) is 8.97. The number of carbonyl (C=O) groups is 1. The number of nitrogens with two attached hydrogens (primary N) is 2. The number of alkyl halides is 1. The quantitative estimate of drug-likeness (QED) is 0.881. The first kappa shape index (κ1) is 16.7. The Hall–Kier alpha value is -1.37. The van der Waals surface area contributed by atoms with Gasteiger partial charge in [-0.2, -0.15) is 0 Å². The van der Waals surface area contributed by atoms with Crippen molar-refractivity contribution in [2.75, 3.05) is 19.9 Å². The van der Waals surface area contributed by atoms with E-state index in [1.807, 2.05) is 0 Å². The zero-order valence-electron chi connectivity index (χ0n) is 10.4. The molecule has 0 aromatic heterocycles. The van der Waals surface area contributed by atoms with Gasteiger partial charge in [0.1, 0.15) is 24.7 Å². The van der Waals surface area contributed by atoms with E-state index in [9.17, 15) is 9.18 Å². The van der Waals surface area contributed by atoms with E-state index in [2.05, 4.69) is 4.99 Å². The molecule has 1 heterocycles. The van der Waals surface area contributed by atoms with Crippen LogP contribution in [-0.4, -0.2) is 31.6 Å². The normalized spacial score (nSPS) is 21.8. The van der Waals surface area contributed by atoms with Crippen LogP contribution in [0.15, 0.2) is 23.2 Å². The third kappa shape index (κ3) is 3.20. The van der Waals surface area contributed by atoms with Crippen LogP contribution >= 0.6 is 24.0 Å². The van der Waals surface area contributed by atoms with Crippen molar-refractivity contribution in [1.82, 2.24) is 0 Å². The molecule has 1 amide bonds. The molecule has 110 valence electrons. The summed E-state index contributed by atoms with van der Waals surface area (Å²) in [7, 11) is 0. The molecule has 0 saturated heterocycles. The van der Waals surface area contributed by atoms with Gasteiger partial charge in [-0.3, -0.25) is 9.79 Å². The maximum atomic E-state index is 13.5. The van der Waals surface area contributed by atoms with Gasteiger partial charge in [0.15, 0.2) is 0 Å². The van der Waals surface area contributed by atoms with Crippen molar-refractivity contribution in [3.63, 3.8) is 0 Å².